The van der Waals surface area contributed by atoms with E-state index in [-0.39, 0.29) is 0 Å². The molecule has 2 nitrogen and oxygen atoms in total. The average Bonchev–Trinajstić information content (AvgIpc) is 4.43. The van der Waals surface area contributed by atoms with Gasteiger partial charge in [0.15, 0.2) is 0 Å². The van der Waals surface area contributed by atoms with Crippen LogP contribution in [0.3, 0.4) is 0 Å². The summed E-state index contributed by atoms with van der Waals surface area (Å²) in [5.74, 6) is 0. The highest BCUT2D eigenvalue weighted by Crippen LogP contribution is 2.48. The second-order valence-electron chi connectivity index (χ2n) is 24.0. The highest BCUT2D eigenvalue weighted by Gasteiger charge is 2.22. The topological polar surface area (TPSA) is 25.8 Å². The molecule has 7 rings (SSSR count). The summed E-state index contributed by atoms with van der Waals surface area (Å²) in [6.45, 7) is 9.27. The molecule has 80 heavy (non-hydrogen) atoms. The van der Waals surface area contributed by atoms with Crippen molar-refractivity contribution in [2.45, 2.75) is 310 Å². The van der Waals surface area contributed by atoms with Crippen molar-refractivity contribution in [2.75, 3.05) is 0 Å². The second-order valence-corrected chi connectivity index (χ2v) is 30.0. The molecule has 6 heterocycles. The van der Waals surface area contributed by atoms with E-state index in [9.17, 15) is 0 Å². The highest BCUT2D eigenvalue weighted by atomic mass is 32.1. The Labute approximate surface area is 513 Å². The molecule has 0 atom stereocenters. The molecule has 0 amide bonds. The highest BCUT2D eigenvalue weighted by molar-refractivity contribution is 7.29. The lowest BCUT2D eigenvalue weighted by atomic mass is 10.0. The number of thiophene rings is 4. The first-order valence-corrected chi connectivity index (χ1v) is 38.7. The van der Waals surface area contributed by atoms with Gasteiger partial charge in [-0.25, -0.2) is 9.97 Å². The van der Waals surface area contributed by atoms with Gasteiger partial charge in [-0.05, 0) is 121 Å². The van der Waals surface area contributed by atoms with Gasteiger partial charge in [0.25, 0.3) is 0 Å². The van der Waals surface area contributed by atoms with Crippen LogP contribution in [-0.4, -0.2) is 9.97 Å². The van der Waals surface area contributed by atoms with Gasteiger partial charge in [0, 0.05) is 19.5 Å². The van der Waals surface area contributed by atoms with E-state index < -0.39 is 0 Å². The Bertz CT molecular complexity index is 2450. The Balaban J connectivity index is 1.05. The van der Waals surface area contributed by atoms with Crippen LogP contribution >= 0.6 is 68.0 Å². The molecule has 0 N–H and O–H groups in total. The summed E-state index contributed by atoms with van der Waals surface area (Å²) >= 11 is 11.8. The third-order valence-corrected chi connectivity index (χ3v) is 24.0. The summed E-state index contributed by atoms with van der Waals surface area (Å²) in [5.41, 5.74) is 8.43. The van der Waals surface area contributed by atoms with Crippen molar-refractivity contribution in [2.24, 2.45) is 0 Å². The summed E-state index contributed by atoms with van der Waals surface area (Å²) in [5, 5.41) is 7.11. The predicted octanol–water partition coefficient (Wildman–Crippen LogP) is 27.7. The molecule has 6 aromatic heterocycles. The van der Waals surface area contributed by atoms with Gasteiger partial charge in [0.1, 0.15) is 10.0 Å². The molecule has 0 radical (unpaired) electrons. The van der Waals surface area contributed by atoms with Gasteiger partial charge in [-0.2, -0.15) is 0 Å². The molecule has 1 aromatic carbocycles. The third-order valence-electron chi connectivity index (χ3n) is 17.0. The Kier molecular flexibility index (Phi) is 32.2. The van der Waals surface area contributed by atoms with E-state index in [2.05, 4.69) is 74.9 Å². The molecular weight excluding hydrogens is 1090 g/mol. The van der Waals surface area contributed by atoms with Crippen LogP contribution in [0.5, 0.6) is 0 Å². The predicted molar refractivity (Wildman–Crippen MR) is 368 cm³/mol. The van der Waals surface area contributed by atoms with E-state index in [4.69, 9.17) is 9.97 Å². The normalized spacial score (nSPS) is 11.9. The smallest absolute Gasteiger partial charge is 0.134 e. The summed E-state index contributed by atoms with van der Waals surface area (Å²) in [6, 6.07) is 14.8. The monoisotopic (exact) mass is 1190 g/mol. The Morgan fingerprint density at radius 2 is 0.537 bits per heavy atom. The van der Waals surface area contributed by atoms with E-state index in [0.29, 0.717) is 0 Å². The fourth-order valence-electron chi connectivity index (χ4n) is 12.1. The number of benzene rings is 1. The maximum atomic E-state index is 5.53. The number of unbranched alkanes of at least 4 members (excludes halogenated alkanes) is 36. The van der Waals surface area contributed by atoms with Gasteiger partial charge in [-0.1, -0.05) is 259 Å². The van der Waals surface area contributed by atoms with Gasteiger partial charge in [-0.15, -0.1) is 68.0 Å². The number of thiazole rings is 2. The van der Waals surface area contributed by atoms with E-state index in [0.717, 1.165) is 23.9 Å². The lowest BCUT2D eigenvalue weighted by molar-refractivity contribution is 0.556. The minimum Gasteiger partial charge on any atom is -0.235 e. The zero-order valence-electron chi connectivity index (χ0n) is 51.1. The van der Waals surface area contributed by atoms with E-state index >= 15 is 0 Å². The first-order valence-electron chi connectivity index (χ1n) is 33.7. The SMILES string of the molecule is CCCCCCCCCCCCc1ccsc1-c1cc(CCCCCCCCCCCC)c(-c2nc3cc4sc(-c5sc(-c6sccc6CCCCCCCCCCCC)cc5CCCCCCCCCCCC)nc4cc3s2)s1. The molecule has 8 heteroatoms. The van der Waals surface area contributed by atoms with Crippen molar-refractivity contribution in [3.05, 3.63) is 69.4 Å². The van der Waals surface area contributed by atoms with Crippen molar-refractivity contribution < 1.29 is 0 Å². The number of rotatable bonds is 48. The van der Waals surface area contributed by atoms with Crippen LogP contribution in [0.25, 0.3) is 59.7 Å². The van der Waals surface area contributed by atoms with Crippen molar-refractivity contribution in [3.8, 4) is 39.3 Å². The molecule has 0 saturated heterocycles. The molecule has 0 unspecified atom stereocenters. The van der Waals surface area contributed by atoms with Crippen LogP contribution in [0.2, 0.25) is 0 Å². The zero-order valence-corrected chi connectivity index (χ0v) is 56.0. The van der Waals surface area contributed by atoms with Gasteiger partial charge in [-0.3, -0.25) is 0 Å². The molecule has 0 fully saturated rings. The van der Waals surface area contributed by atoms with Crippen molar-refractivity contribution >= 4 is 88.5 Å². The van der Waals surface area contributed by atoms with E-state index in [1.54, 1.807) is 11.1 Å². The maximum Gasteiger partial charge on any atom is 0.134 e. The average molecular weight is 1190 g/mol. The van der Waals surface area contributed by atoms with Crippen LogP contribution in [0.1, 0.15) is 307 Å². The quantitative estimate of drug-likeness (QED) is 0.0355. The molecule has 0 aliphatic rings. The standard InChI is InChI=1S/C72H108N2S6/c1-5-9-13-17-21-25-29-33-37-41-45-57-49-51-75-67(57)65-53-59(47-43-39-35-31-27-23-19-15-11-7-3)69(77-65)71-73-61-55-64-62(56-63(61)79-71)74-72(80-64)70-60(48-44-40-36-32-28-24-20-16-12-8-4)54-66(78-70)68-58(50-52-76-68)46-42-38-34-30-26-22-18-14-10-6-2/h49-56H,5-48H2,1-4H3. The summed E-state index contributed by atoms with van der Waals surface area (Å²) in [7, 11) is 0. The van der Waals surface area contributed by atoms with Gasteiger partial charge >= 0.3 is 0 Å². The van der Waals surface area contributed by atoms with E-state index in [1.165, 1.54) is 329 Å². The van der Waals surface area contributed by atoms with Gasteiger partial charge in [0.2, 0.25) is 0 Å². The number of aryl methyl sites for hydroxylation is 4. The van der Waals surface area contributed by atoms with Crippen molar-refractivity contribution in [1.29, 1.82) is 0 Å². The fourth-order valence-corrected chi connectivity index (χ4v) is 18.9. The zero-order chi connectivity index (χ0) is 55.7. The fraction of sp³-hybridized carbons (Fsp3) is 0.667. The van der Waals surface area contributed by atoms with Crippen LogP contribution in [-0.2, 0) is 25.7 Å². The molecule has 442 valence electrons. The number of aromatic nitrogens is 2. The maximum absolute atomic E-state index is 5.53. The largest absolute Gasteiger partial charge is 0.235 e. The lowest BCUT2D eigenvalue weighted by Gasteiger charge is -2.04. The molecule has 0 aliphatic heterocycles. The molecule has 0 bridgehead atoms. The Hall–Kier alpha value is -2.20. The first-order chi connectivity index (χ1) is 39.6. The minimum absolute atomic E-state index is 1.14. The number of fused-ring (bicyclic) bond motifs is 2. The van der Waals surface area contributed by atoms with Crippen LogP contribution in [0, 0.1) is 0 Å². The minimum atomic E-state index is 1.14. The summed E-state index contributed by atoms with van der Waals surface area (Å²) < 4.78 is 2.55. The van der Waals surface area contributed by atoms with Crippen molar-refractivity contribution in [1.82, 2.24) is 9.97 Å². The second kappa shape index (κ2) is 39.4. The molecule has 7 aromatic rings. The molecule has 0 aliphatic carbocycles. The lowest BCUT2D eigenvalue weighted by Crippen LogP contribution is -1.88. The van der Waals surface area contributed by atoms with Gasteiger partial charge in [0.05, 0.1) is 30.2 Å². The van der Waals surface area contributed by atoms with Crippen LogP contribution in [0.4, 0.5) is 0 Å². The van der Waals surface area contributed by atoms with Crippen molar-refractivity contribution in [3.63, 3.8) is 0 Å². The third kappa shape index (κ3) is 22.3. The number of nitrogens with zero attached hydrogens (tertiary/aromatic N) is 2. The number of hydrogen-bond donors (Lipinski definition) is 0. The van der Waals surface area contributed by atoms with E-state index in [1.807, 2.05) is 68.0 Å². The molecule has 0 spiro atoms. The van der Waals surface area contributed by atoms with Crippen LogP contribution < -0.4 is 0 Å². The number of hydrogen-bond acceptors (Lipinski definition) is 8. The molecular formula is C72H108N2S6. The summed E-state index contributed by atoms with van der Waals surface area (Å²) in [4.78, 5) is 19.8. The Morgan fingerprint density at radius 1 is 0.275 bits per heavy atom. The summed E-state index contributed by atoms with van der Waals surface area (Å²) in [6.07, 6.45) is 59.9. The Morgan fingerprint density at radius 3 is 0.825 bits per heavy atom. The van der Waals surface area contributed by atoms with Gasteiger partial charge < -0.3 is 0 Å². The first kappa shape index (κ1) is 65.3. The van der Waals surface area contributed by atoms with Crippen LogP contribution in [0.15, 0.2) is 47.2 Å². The molecule has 0 saturated carbocycles.